The summed E-state index contributed by atoms with van der Waals surface area (Å²) in [5, 5.41) is 6.28. The van der Waals surface area contributed by atoms with Crippen LogP contribution in [0.5, 0.6) is 11.5 Å². The number of aliphatic imine (C=N–C) groups is 1. The summed E-state index contributed by atoms with van der Waals surface area (Å²) in [5.41, 5.74) is 1.21. The van der Waals surface area contributed by atoms with E-state index in [-0.39, 0.29) is 12.1 Å². The summed E-state index contributed by atoms with van der Waals surface area (Å²) in [4.78, 5) is 4.32. The number of guanidine groups is 1. The molecule has 7 heteroatoms. The summed E-state index contributed by atoms with van der Waals surface area (Å²) < 4.78 is 37.6. The van der Waals surface area contributed by atoms with Crippen LogP contribution in [0.3, 0.4) is 0 Å². The summed E-state index contributed by atoms with van der Waals surface area (Å²) in [6, 6.07) is 8.98. The van der Waals surface area contributed by atoms with Crippen molar-refractivity contribution in [2.45, 2.75) is 19.9 Å². The average Bonchev–Trinajstić information content (AvgIpc) is 2.68. The third-order valence-electron chi connectivity index (χ3n) is 3.93. The van der Waals surface area contributed by atoms with Gasteiger partial charge in [0.05, 0.1) is 20.8 Å². The van der Waals surface area contributed by atoms with Crippen molar-refractivity contribution < 1.29 is 18.3 Å². The first-order valence-electron chi connectivity index (χ1n) is 8.74. The molecule has 0 radical (unpaired) electrons. The highest BCUT2D eigenvalue weighted by Crippen LogP contribution is 2.24. The lowest BCUT2D eigenvalue weighted by molar-refractivity contribution is 0.398. The molecule has 0 spiro atoms. The van der Waals surface area contributed by atoms with Gasteiger partial charge in [-0.05, 0) is 55.3 Å². The van der Waals surface area contributed by atoms with E-state index < -0.39 is 11.6 Å². The highest BCUT2D eigenvalue weighted by Gasteiger charge is 2.07. The minimum Gasteiger partial charge on any atom is -0.497 e. The number of nitrogens with zero attached hydrogens (tertiary/aromatic N) is 1. The molecule has 0 aromatic heterocycles. The van der Waals surface area contributed by atoms with Gasteiger partial charge in [0.1, 0.15) is 23.1 Å². The highest BCUT2D eigenvalue weighted by atomic mass is 19.1. The monoisotopic (exact) mass is 377 g/mol. The van der Waals surface area contributed by atoms with E-state index in [1.54, 1.807) is 14.2 Å². The van der Waals surface area contributed by atoms with Crippen molar-refractivity contribution in [2.75, 3.05) is 27.3 Å². The standard InChI is InChI=1S/C20H25F2N3O2/c1-4-23-20(25-13-15-11-16(21)5-7-18(15)22)24-10-9-14-12-17(26-2)6-8-19(14)27-3/h5-8,11-12H,4,9-10,13H2,1-3H3,(H2,23,24,25). The fourth-order valence-electron chi connectivity index (χ4n) is 2.56. The Morgan fingerprint density at radius 2 is 1.81 bits per heavy atom. The molecule has 5 nitrogen and oxygen atoms in total. The molecule has 0 saturated carbocycles. The average molecular weight is 377 g/mol. The first-order chi connectivity index (χ1) is 13.1. The summed E-state index contributed by atoms with van der Waals surface area (Å²) >= 11 is 0. The molecule has 2 rings (SSSR count). The van der Waals surface area contributed by atoms with Crippen molar-refractivity contribution in [1.29, 1.82) is 0 Å². The molecule has 0 fully saturated rings. The van der Waals surface area contributed by atoms with E-state index in [9.17, 15) is 8.78 Å². The van der Waals surface area contributed by atoms with Gasteiger partial charge in [-0.3, -0.25) is 0 Å². The van der Waals surface area contributed by atoms with Crippen molar-refractivity contribution in [2.24, 2.45) is 4.99 Å². The number of methoxy groups -OCH3 is 2. The van der Waals surface area contributed by atoms with Crippen molar-refractivity contribution in [3.05, 3.63) is 59.2 Å². The van der Waals surface area contributed by atoms with Crippen LogP contribution in [-0.4, -0.2) is 33.3 Å². The molecule has 0 aliphatic rings. The van der Waals surface area contributed by atoms with Crippen LogP contribution in [0.25, 0.3) is 0 Å². The van der Waals surface area contributed by atoms with Crippen molar-refractivity contribution in [3.8, 4) is 11.5 Å². The second kappa shape index (κ2) is 10.4. The third-order valence-corrected chi connectivity index (χ3v) is 3.93. The third kappa shape index (κ3) is 6.13. The zero-order valence-electron chi connectivity index (χ0n) is 15.8. The molecule has 0 saturated heterocycles. The van der Waals surface area contributed by atoms with E-state index in [1.807, 2.05) is 25.1 Å². The summed E-state index contributed by atoms with van der Waals surface area (Å²) in [7, 11) is 3.24. The van der Waals surface area contributed by atoms with E-state index in [2.05, 4.69) is 15.6 Å². The Morgan fingerprint density at radius 3 is 2.52 bits per heavy atom. The van der Waals surface area contributed by atoms with Gasteiger partial charge in [0.25, 0.3) is 0 Å². The molecular weight excluding hydrogens is 352 g/mol. The second-order valence-electron chi connectivity index (χ2n) is 5.79. The zero-order chi connectivity index (χ0) is 19.6. The molecular formula is C20H25F2N3O2. The second-order valence-corrected chi connectivity index (χ2v) is 5.79. The molecule has 0 aliphatic heterocycles. The van der Waals surface area contributed by atoms with Crippen LogP contribution < -0.4 is 20.1 Å². The largest absolute Gasteiger partial charge is 0.497 e. The predicted molar refractivity (Wildman–Crippen MR) is 102 cm³/mol. The van der Waals surface area contributed by atoms with E-state index in [0.29, 0.717) is 25.5 Å². The van der Waals surface area contributed by atoms with Crippen LogP contribution in [0, 0.1) is 11.6 Å². The fraction of sp³-hybridized carbons (Fsp3) is 0.350. The SMILES string of the molecule is CCNC(=NCc1cc(F)ccc1F)NCCc1cc(OC)ccc1OC. The molecule has 0 heterocycles. The normalized spacial score (nSPS) is 11.2. The van der Waals surface area contributed by atoms with Crippen LogP contribution in [-0.2, 0) is 13.0 Å². The Morgan fingerprint density at radius 1 is 1.00 bits per heavy atom. The lowest BCUT2D eigenvalue weighted by Crippen LogP contribution is -2.38. The summed E-state index contributed by atoms with van der Waals surface area (Å²) in [6.45, 7) is 3.22. The zero-order valence-corrected chi connectivity index (χ0v) is 15.8. The predicted octanol–water partition coefficient (Wildman–Crippen LogP) is 3.28. The van der Waals surface area contributed by atoms with Crippen LogP contribution in [0.2, 0.25) is 0 Å². The van der Waals surface area contributed by atoms with Gasteiger partial charge < -0.3 is 20.1 Å². The number of ether oxygens (including phenoxy) is 2. The number of nitrogens with one attached hydrogen (secondary N) is 2. The molecule has 0 bridgehead atoms. The van der Waals surface area contributed by atoms with Gasteiger partial charge in [-0.1, -0.05) is 0 Å². The first kappa shape index (κ1) is 20.5. The Hall–Kier alpha value is -2.83. The Labute approximate surface area is 158 Å². The number of hydrogen-bond acceptors (Lipinski definition) is 3. The van der Waals surface area contributed by atoms with Crippen LogP contribution in [0.4, 0.5) is 8.78 Å². The molecule has 0 atom stereocenters. The topological polar surface area (TPSA) is 54.9 Å². The number of benzene rings is 2. The number of rotatable bonds is 8. The smallest absolute Gasteiger partial charge is 0.191 e. The first-order valence-corrected chi connectivity index (χ1v) is 8.74. The van der Waals surface area contributed by atoms with Crippen molar-refractivity contribution in [3.63, 3.8) is 0 Å². The highest BCUT2D eigenvalue weighted by molar-refractivity contribution is 5.79. The van der Waals surface area contributed by atoms with Gasteiger partial charge >= 0.3 is 0 Å². The van der Waals surface area contributed by atoms with Gasteiger partial charge in [-0.2, -0.15) is 0 Å². The lowest BCUT2D eigenvalue weighted by atomic mass is 10.1. The summed E-state index contributed by atoms with van der Waals surface area (Å²) in [6.07, 6.45) is 0.680. The van der Waals surface area contributed by atoms with E-state index in [0.717, 1.165) is 35.3 Å². The molecule has 2 N–H and O–H groups in total. The van der Waals surface area contributed by atoms with E-state index >= 15 is 0 Å². The van der Waals surface area contributed by atoms with Crippen LogP contribution in [0.1, 0.15) is 18.1 Å². The molecule has 2 aromatic carbocycles. The minimum atomic E-state index is -0.482. The van der Waals surface area contributed by atoms with Crippen molar-refractivity contribution >= 4 is 5.96 Å². The summed E-state index contributed by atoms with van der Waals surface area (Å²) in [5.74, 6) is 1.11. The Balaban J connectivity index is 2.01. The molecule has 27 heavy (non-hydrogen) atoms. The van der Waals surface area contributed by atoms with Gasteiger partial charge in [0.15, 0.2) is 5.96 Å². The number of hydrogen-bond donors (Lipinski definition) is 2. The van der Waals surface area contributed by atoms with Gasteiger partial charge in [0.2, 0.25) is 0 Å². The van der Waals surface area contributed by atoms with Gasteiger partial charge in [-0.15, -0.1) is 0 Å². The van der Waals surface area contributed by atoms with Crippen LogP contribution in [0.15, 0.2) is 41.4 Å². The number of halogens is 2. The van der Waals surface area contributed by atoms with Gasteiger partial charge in [-0.25, -0.2) is 13.8 Å². The minimum absolute atomic E-state index is 0.0431. The van der Waals surface area contributed by atoms with Gasteiger partial charge in [0, 0.05) is 18.7 Å². The molecule has 0 amide bonds. The van der Waals surface area contributed by atoms with Crippen LogP contribution >= 0.6 is 0 Å². The molecule has 0 aliphatic carbocycles. The maximum Gasteiger partial charge on any atom is 0.191 e. The Bertz CT molecular complexity index is 782. The maximum absolute atomic E-state index is 13.7. The van der Waals surface area contributed by atoms with E-state index in [1.165, 1.54) is 0 Å². The quantitative estimate of drug-likeness (QED) is 0.548. The Kier molecular flexibility index (Phi) is 7.85. The molecule has 0 unspecified atom stereocenters. The molecule has 2 aromatic rings. The maximum atomic E-state index is 13.7. The lowest BCUT2D eigenvalue weighted by Gasteiger charge is -2.13. The van der Waals surface area contributed by atoms with Crippen molar-refractivity contribution in [1.82, 2.24) is 10.6 Å². The fourth-order valence-corrected chi connectivity index (χ4v) is 2.56. The molecule has 146 valence electrons. The van der Waals surface area contributed by atoms with E-state index in [4.69, 9.17) is 9.47 Å².